The Balaban J connectivity index is 1.97. The maximum absolute atomic E-state index is 12.0. The van der Waals surface area contributed by atoms with Crippen LogP contribution in [0.25, 0.3) is 0 Å². The molecule has 0 bridgehead atoms. The van der Waals surface area contributed by atoms with Gasteiger partial charge in [-0.25, -0.2) is 0 Å². The summed E-state index contributed by atoms with van der Waals surface area (Å²) in [5.74, 6) is 0.271. The second-order valence-electron chi connectivity index (χ2n) is 4.59. The van der Waals surface area contributed by atoms with E-state index in [-0.39, 0.29) is 35.7 Å². The maximum atomic E-state index is 12.0. The normalized spacial score (nSPS) is 10.1. The number of ketones is 2. The molecule has 0 aliphatic carbocycles. The molecule has 2 rings (SSSR count). The number of hydrogen-bond donors (Lipinski definition) is 1. The minimum atomic E-state index is -0.241. The molecule has 21 heavy (non-hydrogen) atoms. The fourth-order valence-electron chi connectivity index (χ4n) is 1.99. The first-order valence-electron chi connectivity index (χ1n) is 6.60. The Morgan fingerprint density at radius 3 is 2.19 bits per heavy atom. The molecule has 0 unspecified atom stereocenters. The molecular formula is C17H16O4. The fourth-order valence-corrected chi connectivity index (χ4v) is 1.99. The lowest BCUT2D eigenvalue weighted by Crippen LogP contribution is -2.05. The largest absolute Gasteiger partial charge is 0.507 e. The molecule has 2 aromatic carbocycles. The summed E-state index contributed by atoms with van der Waals surface area (Å²) in [5, 5.41) is 9.60. The third kappa shape index (κ3) is 3.69. The number of rotatable bonds is 6. The third-order valence-electron chi connectivity index (χ3n) is 3.20. The maximum Gasteiger partial charge on any atom is 0.167 e. The van der Waals surface area contributed by atoms with Gasteiger partial charge in [-0.2, -0.15) is 0 Å². The Labute approximate surface area is 123 Å². The molecule has 4 nitrogen and oxygen atoms in total. The van der Waals surface area contributed by atoms with Gasteiger partial charge in [0.2, 0.25) is 0 Å². The van der Waals surface area contributed by atoms with Gasteiger partial charge in [-0.05, 0) is 36.4 Å². The first-order valence-corrected chi connectivity index (χ1v) is 6.60. The van der Waals surface area contributed by atoms with Crippen LogP contribution in [0.3, 0.4) is 0 Å². The molecule has 0 radical (unpaired) electrons. The standard InChI is InChI=1S/C17H16O4/c1-21-13-8-6-12(7-9-13)15(18)10-11-17(20)14-4-2-3-5-16(14)19/h2-9,19H,10-11H2,1H3. The van der Waals surface area contributed by atoms with E-state index in [4.69, 9.17) is 4.74 Å². The molecule has 0 aromatic heterocycles. The van der Waals surface area contributed by atoms with Gasteiger partial charge in [0.25, 0.3) is 0 Å². The van der Waals surface area contributed by atoms with Crippen molar-refractivity contribution in [2.24, 2.45) is 0 Å². The smallest absolute Gasteiger partial charge is 0.167 e. The van der Waals surface area contributed by atoms with Crippen LogP contribution in [-0.2, 0) is 0 Å². The number of carbonyl (C=O) groups is 2. The highest BCUT2D eigenvalue weighted by molar-refractivity contribution is 6.03. The summed E-state index contributed by atoms with van der Waals surface area (Å²) < 4.78 is 5.02. The average molecular weight is 284 g/mol. The summed E-state index contributed by atoms with van der Waals surface area (Å²) in [6.07, 6.45) is 0.182. The number of phenolic OH excluding ortho intramolecular Hbond substituents is 1. The highest BCUT2D eigenvalue weighted by Gasteiger charge is 2.13. The Morgan fingerprint density at radius 2 is 1.57 bits per heavy atom. The van der Waals surface area contributed by atoms with Crippen molar-refractivity contribution in [2.45, 2.75) is 12.8 Å². The molecular weight excluding hydrogens is 268 g/mol. The van der Waals surface area contributed by atoms with Crippen molar-refractivity contribution in [3.63, 3.8) is 0 Å². The molecule has 2 aromatic rings. The molecule has 0 amide bonds. The van der Waals surface area contributed by atoms with E-state index in [1.165, 1.54) is 6.07 Å². The first kappa shape index (κ1) is 14.8. The summed E-state index contributed by atoms with van der Waals surface area (Å²) in [6.45, 7) is 0. The van der Waals surface area contributed by atoms with E-state index in [1.807, 2.05) is 0 Å². The lowest BCUT2D eigenvalue weighted by atomic mass is 10.0. The molecule has 0 spiro atoms. The highest BCUT2D eigenvalue weighted by Crippen LogP contribution is 2.19. The first-order chi connectivity index (χ1) is 10.1. The Bertz CT molecular complexity index is 644. The van der Waals surface area contributed by atoms with Crippen LogP contribution >= 0.6 is 0 Å². The van der Waals surface area contributed by atoms with Crippen LogP contribution in [0.15, 0.2) is 48.5 Å². The number of carbonyl (C=O) groups excluding carboxylic acids is 2. The van der Waals surface area contributed by atoms with Gasteiger partial charge in [-0.15, -0.1) is 0 Å². The monoisotopic (exact) mass is 284 g/mol. The minimum Gasteiger partial charge on any atom is -0.507 e. The minimum absolute atomic E-state index is 0.0561. The van der Waals surface area contributed by atoms with E-state index >= 15 is 0 Å². The summed E-state index contributed by atoms with van der Waals surface area (Å²) in [5.41, 5.74) is 0.793. The number of Topliss-reactive ketones (excluding diaryl/α,β-unsaturated/α-hetero) is 2. The van der Waals surface area contributed by atoms with Gasteiger partial charge in [0.15, 0.2) is 11.6 Å². The van der Waals surface area contributed by atoms with Gasteiger partial charge in [-0.3, -0.25) is 9.59 Å². The van der Waals surface area contributed by atoms with Crippen LogP contribution in [0.5, 0.6) is 11.5 Å². The number of ether oxygens (including phenoxy) is 1. The van der Waals surface area contributed by atoms with Gasteiger partial charge >= 0.3 is 0 Å². The van der Waals surface area contributed by atoms with E-state index in [0.717, 1.165) is 0 Å². The highest BCUT2D eigenvalue weighted by atomic mass is 16.5. The van der Waals surface area contributed by atoms with E-state index in [0.29, 0.717) is 11.3 Å². The predicted octanol–water partition coefficient (Wildman–Crippen LogP) is 3.25. The molecule has 0 aliphatic rings. The van der Waals surface area contributed by atoms with Crippen LogP contribution in [0.2, 0.25) is 0 Å². The van der Waals surface area contributed by atoms with Crippen LogP contribution in [0, 0.1) is 0 Å². The second kappa shape index (κ2) is 6.70. The van der Waals surface area contributed by atoms with Gasteiger partial charge in [-0.1, -0.05) is 12.1 Å². The number of aromatic hydroxyl groups is 1. The quantitative estimate of drug-likeness (QED) is 0.827. The second-order valence-corrected chi connectivity index (χ2v) is 4.59. The van der Waals surface area contributed by atoms with E-state index in [9.17, 15) is 14.7 Å². The van der Waals surface area contributed by atoms with Crippen molar-refractivity contribution in [2.75, 3.05) is 7.11 Å². The van der Waals surface area contributed by atoms with E-state index in [2.05, 4.69) is 0 Å². The number of phenols is 1. The van der Waals surface area contributed by atoms with Gasteiger partial charge < -0.3 is 9.84 Å². The van der Waals surface area contributed by atoms with E-state index < -0.39 is 0 Å². The summed E-state index contributed by atoms with van der Waals surface area (Å²) >= 11 is 0. The molecule has 0 heterocycles. The van der Waals surface area contributed by atoms with Crippen molar-refractivity contribution in [1.82, 2.24) is 0 Å². The SMILES string of the molecule is COc1ccc(C(=O)CCC(=O)c2ccccc2O)cc1. The zero-order chi connectivity index (χ0) is 15.2. The van der Waals surface area contributed by atoms with Crippen LogP contribution in [0.1, 0.15) is 33.6 Å². The number of para-hydroxylation sites is 1. The van der Waals surface area contributed by atoms with Crippen molar-refractivity contribution < 1.29 is 19.4 Å². The number of benzene rings is 2. The molecule has 0 atom stereocenters. The molecule has 0 aliphatic heterocycles. The van der Waals surface area contributed by atoms with Crippen molar-refractivity contribution in [1.29, 1.82) is 0 Å². The van der Waals surface area contributed by atoms with Crippen molar-refractivity contribution >= 4 is 11.6 Å². The Morgan fingerprint density at radius 1 is 0.952 bits per heavy atom. The van der Waals surface area contributed by atoms with Crippen LogP contribution < -0.4 is 4.74 Å². The lowest BCUT2D eigenvalue weighted by Gasteiger charge is -2.04. The Hall–Kier alpha value is -2.62. The predicted molar refractivity (Wildman–Crippen MR) is 79.0 cm³/mol. The summed E-state index contributed by atoms with van der Waals surface area (Å²) in [7, 11) is 1.56. The van der Waals surface area contributed by atoms with Gasteiger partial charge in [0, 0.05) is 18.4 Å². The zero-order valence-corrected chi connectivity index (χ0v) is 11.7. The summed E-state index contributed by atoms with van der Waals surface area (Å²) in [4.78, 5) is 24.0. The molecule has 1 N–H and O–H groups in total. The van der Waals surface area contributed by atoms with Crippen LogP contribution in [0.4, 0.5) is 0 Å². The van der Waals surface area contributed by atoms with Crippen LogP contribution in [-0.4, -0.2) is 23.8 Å². The van der Waals surface area contributed by atoms with Crippen molar-refractivity contribution in [3.8, 4) is 11.5 Å². The average Bonchev–Trinajstić information content (AvgIpc) is 2.52. The molecule has 4 heteroatoms. The molecule has 0 saturated heterocycles. The zero-order valence-electron chi connectivity index (χ0n) is 11.7. The topological polar surface area (TPSA) is 63.6 Å². The molecule has 0 fully saturated rings. The van der Waals surface area contributed by atoms with Gasteiger partial charge in [0.1, 0.15) is 11.5 Å². The number of methoxy groups -OCH3 is 1. The molecule has 0 saturated carbocycles. The lowest BCUT2D eigenvalue weighted by molar-refractivity contribution is 0.0916. The van der Waals surface area contributed by atoms with Crippen molar-refractivity contribution in [3.05, 3.63) is 59.7 Å². The summed E-state index contributed by atoms with van der Waals surface area (Å²) in [6, 6.07) is 13.1. The fraction of sp³-hybridized carbons (Fsp3) is 0.176. The third-order valence-corrected chi connectivity index (χ3v) is 3.20. The number of hydrogen-bond acceptors (Lipinski definition) is 4. The Kier molecular flexibility index (Phi) is 4.72. The van der Waals surface area contributed by atoms with E-state index in [1.54, 1.807) is 49.6 Å². The molecule has 108 valence electrons. The van der Waals surface area contributed by atoms with Gasteiger partial charge in [0.05, 0.1) is 12.7 Å².